The zero-order valence-electron chi connectivity index (χ0n) is 11.6. The highest BCUT2D eigenvalue weighted by molar-refractivity contribution is 5.94. The first-order valence-corrected chi connectivity index (χ1v) is 6.41. The summed E-state index contributed by atoms with van der Waals surface area (Å²) in [4.78, 5) is 12.1. The number of methoxy groups -OCH3 is 1. The van der Waals surface area contributed by atoms with Crippen LogP contribution >= 0.6 is 0 Å². The summed E-state index contributed by atoms with van der Waals surface area (Å²) in [5.41, 5.74) is 8.08. The largest absolute Gasteiger partial charge is 0.497 e. The molecule has 0 fully saturated rings. The van der Waals surface area contributed by atoms with Crippen LogP contribution in [0.2, 0.25) is 0 Å². The van der Waals surface area contributed by atoms with Crippen molar-refractivity contribution in [3.05, 3.63) is 59.7 Å². The van der Waals surface area contributed by atoms with Gasteiger partial charge in [-0.05, 0) is 42.8 Å². The van der Waals surface area contributed by atoms with Gasteiger partial charge in [-0.2, -0.15) is 0 Å². The lowest BCUT2D eigenvalue weighted by molar-refractivity contribution is 0.0940. The molecule has 0 bridgehead atoms. The van der Waals surface area contributed by atoms with Crippen molar-refractivity contribution in [3.8, 4) is 5.75 Å². The normalized spacial score (nSPS) is 11.7. The summed E-state index contributed by atoms with van der Waals surface area (Å²) < 4.78 is 5.07. The number of hydrogen-bond donors (Lipinski definition) is 2. The minimum Gasteiger partial charge on any atom is -0.497 e. The fraction of sp³-hybridized carbons (Fsp3) is 0.188. The molecule has 2 rings (SSSR count). The van der Waals surface area contributed by atoms with Crippen molar-refractivity contribution in [1.82, 2.24) is 5.32 Å². The average Bonchev–Trinajstić information content (AvgIpc) is 2.47. The molecule has 0 aliphatic rings. The summed E-state index contributed by atoms with van der Waals surface area (Å²) in [5, 5.41) is 2.93. The van der Waals surface area contributed by atoms with Gasteiger partial charge in [0.2, 0.25) is 0 Å². The summed E-state index contributed by atoms with van der Waals surface area (Å²) in [6.07, 6.45) is 0. The van der Waals surface area contributed by atoms with Gasteiger partial charge in [0.25, 0.3) is 5.91 Å². The zero-order valence-corrected chi connectivity index (χ0v) is 11.6. The Bertz CT molecular complexity index is 594. The molecular weight excluding hydrogens is 252 g/mol. The Balaban J connectivity index is 2.09. The molecule has 0 saturated heterocycles. The van der Waals surface area contributed by atoms with Crippen LogP contribution in [-0.2, 0) is 0 Å². The Kier molecular flexibility index (Phi) is 4.25. The molecule has 0 aliphatic heterocycles. The van der Waals surface area contributed by atoms with E-state index in [-0.39, 0.29) is 11.9 Å². The van der Waals surface area contributed by atoms with Crippen molar-refractivity contribution in [2.24, 2.45) is 0 Å². The van der Waals surface area contributed by atoms with E-state index in [0.717, 1.165) is 11.3 Å². The fourth-order valence-corrected chi connectivity index (χ4v) is 2.01. The molecule has 1 amide bonds. The van der Waals surface area contributed by atoms with E-state index in [4.69, 9.17) is 10.5 Å². The molecule has 2 aromatic rings. The molecule has 3 N–H and O–H groups in total. The van der Waals surface area contributed by atoms with Crippen LogP contribution in [0.3, 0.4) is 0 Å². The second-order valence-electron chi connectivity index (χ2n) is 4.55. The van der Waals surface area contributed by atoms with Gasteiger partial charge in [-0.15, -0.1) is 0 Å². The Labute approximate surface area is 118 Å². The molecule has 2 aromatic carbocycles. The molecule has 0 radical (unpaired) electrons. The number of amides is 1. The lowest BCUT2D eigenvalue weighted by atomic mass is 10.1. The molecule has 0 heterocycles. The predicted octanol–water partition coefficient (Wildman–Crippen LogP) is 2.77. The van der Waals surface area contributed by atoms with Crippen LogP contribution in [0.15, 0.2) is 48.5 Å². The van der Waals surface area contributed by atoms with Gasteiger partial charge in [0.1, 0.15) is 5.75 Å². The minimum absolute atomic E-state index is 0.136. The molecule has 0 saturated carbocycles. The summed E-state index contributed by atoms with van der Waals surface area (Å²) in [5.74, 6) is 0.588. The molecule has 4 nitrogen and oxygen atoms in total. The summed E-state index contributed by atoms with van der Waals surface area (Å²) in [6, 6.07) is 14.3. The van der Waals surface area contributed by atoms with Gasteiger partial charge < -0.3 is 15.8 Å². The Morgan fingerprint density at radius 1 is 1.15 bits per heavy atom. The van der Waals surface area contributed by atoms with Gasteiger partial charge in [0.15, 0.2) is 0 Å². The third-order valence-corrected chi connectivity index (χ3v) is 3.16. The molecule has 0 spiro atoms. The smallest absolute Gasteiger partial charge is 0.251 e. The second kappa shape index (κ2) is 6.10. The van der Waals surface area contributed by atoms with E-state index in [1.54, 1.807) is 31.4 Å². The molecule has 1 atom stereocenters. The van der Waals surface area contributed by atoms with Crippen LogP contribution in [0.1, 0.15) is 28.9 Å². The van der Waals surface area contributed by atoms with Crippen LogP contribution in [0, 0.1) is 0 Å². The lowest BCUT2D eigenvalue weighted by Gasteiger charge is -2.16. The predicted molar refractivity (Wildman–Crippen MR) is 79.7 cm³/mol. The molecule has 104 valence electrons. The third-order valence-electron chi connectivity index (χ3n) is 3.16. The van der Waals surface area contributed by atoms with E-state index >= 15 is 0 Å². The maximum atomic E-state index is 12.1. The maximum Gasteiger partial charge on any atom is 0.251 e. The number of carbonyl (C=O) groups is 1. The summed E-state index contributed by atoms with van der Waals surface area (Å²) in [7, 11) is 1.59. The number of nitrogen functional groups attached to an aromatic ring is 1. The second-order valence-corrected chi connectivity index (χ2v) is 4.55. The highest BCUT2D eigenvalue weighted by Crippen LogP contribution is 2.20. The van der Waals surface area contributed by atoms with Crippen LogP contribution in [0.5, 0.6) is 5.75 Å². The van der Waals surface area contributed by atoms with Crippen molar-refractivity contribution in [3.63, 3.8) is 0 Å². The van der Waals surface area contributed by atoms with E-state index in [1.807, 2.05) is 31.2 Å². The quantitative estimate of drug-likeness (QED) is 0.840. The lowest BCUT2D eigenvalue weighted by Crippen LogP contribution is -2.27. The minimum atomic E-state index is -0.147. The summed E-state index contributed by atoms with van der Waals surface area (Å²) >= 11 is 0. The van der Waals surface area contributed by atoms with Gasteiger partial charge in [-0.1, -0.05) is 18.2 Å². The number of anilines is 1. The van der Waals surface area contributed by atoms with Gasteiger partial charge in [-0.3, -0.25) is 4.79 Å². The molecule has 4 heteroatoms. The highest BCUT2D eigenvalue weighted by Gasteiger charge is 2.13. The number of benzene rings is 2. The number of para-hydroxylation sites is 1. The van der Waals surface area contributed by atoms with Crippen LogP contribution in [-0.4, -0.2) is 13.0 Å². The topological polar surface area (TPSA) is 64.3 Å². The number of ether oxygens (including phenoxy) is 1. The van der Waals surface area contributed by atoms with E-state index in [0.29, 0.717) is 11.3 Å². The number of nitrogens with one attached hydrogen (secondary N) is 1. The molecular formula is C16H18N2O2. The van der Waals surface area contributed by atoms with Crippen LogP contribution in [0.4, 0.5) is 5.69 Å². The first-order valence-electron chi connectivity index (χ1n) is 6.41. The van der Waals surface area contributed by atoms with Gasteiger partial charge in [-0.25, -0.2) is 0 Å². The number of nitrogens with two attached hydrogens (primary N) is 1. The van der Waals surface area contributed by atoms with Crippen LogP contribution < -0.4 is 15.8 Å². The number of hydrogen-bond acceptors (Lipinski definition) is 3. The van der Waals surface area contributed by atoms with Crippen LogP contribution in [0.25, 0.3) is 0 Å². The first-order chi connectivity index (χ1) is 9.61. The monoisotopic (exact) mass is 270 g/mol. The Morgan fingerprint density at radius 3 is 2.40 bits per heavy atom. The summed E-state index contributed by atoms with van der Waals surface area (Å²) in [6.45, 7) is 1.91. The standard InChI is InChI=1S/C16H18N2O2/c1-11(14-5-3-4-6-15(14)17)18-16(19)12-7-9-13(20-2)10-8-12/h3-11H,17H2,1-2H3,(H,18,19). The van der Waals surface area contributed by atoms with E-state index < -0.39 is 0 Å². The molecule has 0 aliphatic carbocycles. The van der Waals surface area contributed by atoms with Gasteiger partial charge in [0, 0.05) is 11.3 Å². The fourth-order valence-electron chi connectivity index (χ4n) is 2.01. The SMILES string of the molecule is COc1ccc(C(=O)NC(C)c2ccccc2N)cc1. The first kappa shape index (κ1) is 13.9. The van der Waals surface area contributed by atoms with Crippen molar-refractivity contribution in [2.75, 3.05) is 12.8 Å². The van der Waals surface area contributed by atoms with E-state index in [2.05, 4.69) is 5.32 Å². The van der Waals surface area contributed by atoms with Crippen molar-refractivity contribution in [2.45, 2.75) is 13.0 Å². The number of carbonyl (C=O) groups excluding carboxylic acids is 1. The average molecular weight is 270 g/mol. The Hall–Kier alpha value is -2.49. The van der Waals surface area contributed by atoms with Crippen molar-refractivity contribution < 1.29 is 9.53 Å². The number of rotatable bonds is 4. The molecule has 20 heavy (non-hydrogen) atoms. The van der Waals surface area contributed by atoms with E-state index in [1.165, 1.54) is 0 Å². The third kappa shape index (κ3) is 3.09. The van der Waals surface area contributed by atoms with E-state index in [9.17, 15) is 4.79 Å². The maximum absolute atomic E-state index is 12.1. The Morgan fingerprint density at radius 2 is 1.80 bits per heavy atom. The zero-order chi connectivity index (χ0) is 14.5. The van der Waals surface area contributed by atoms with Gasteiger partial charge in [0.05, 0.1) is 13.2 Å². The molecule has 1 unspecified atom stereocenters. The molecule has 0 aromatic heterocycles. The van der Waals surface area contributed by atoms with Crippen molar-refractivity contribution in [1.29, 1.82) is 0 Å². The van der Waals surface area contributed by atoms with Gasteiger partial charge >= 0.3 is 0 Å². The highest BCUT2D eigenvalue weighted by atomic mass is 16.5. The van der Waals surface area contributed by atoms with Crippen molar-refractivity contribution >= 4 is 11.6 Å².